The van der Waals surface area contributed by atoms with Crippen LogP contribution in [0.25, 0.3) is 0 Å². The second-order valence-electron chi connectivity index (χ2n) is 3.20. The largest absolute Gasteiger partial charge is 0.328 e. The Kier molecular flexibility index (Phi) is 5.51. The molecule has 1 aliphatic heterocycles. The number of piperidine rings is 1. The molecule has 0 aliphatic carbocycles. The first kappa shape index (κ1) is 10.9. The van der Waals surface area contributed by atoms with Gasteiger partial charge in [0, 0.05) is 18.1 Å². The molecule has 0 saturated carbocycles. The molecular formula is C9H22N2. The first-order chi connectivity index (χ1) is 5.18. The van der Waals surface area contributed by atoms with E-state index in [-0.39, 0.29) is 0 Å². The molecule has 1 rings (SSSR count). The van der Waals surface area contributed by atoms with Crippen LogP contribution in [-0.2, 0) is 0 Å². The molecule has 0 amide bonds. The van der Waals surface area contributed by atoms with E-state index < -0.39 is 0 Å². The van der Waals surface area contributed by atoms with Crippen molar-refractivity contribution in [2.24, 2.45) is 5.73 Å². The van der Waals surface area contributed by atoms with E-state index in [2.05, 4.69) is 19.2 Å². The van der Waals surface area contributed by atoms with Crippen LogP contribution < -0.4 is 11.1 Å². The van der Waals surface area contributed by atoms with Crippen molar-refractivity contribution in [3.05, 3.63) is 0 Å². The number of hydrogen-bond donors (Lipinski definition) is 2. The molecule has 2 heteroatoms. The molecule has 2 atom stereocenters. The third-order valence-electron chi connectivity index (χ3n) is 1.88. The highest BCUT2D eigenvalue weighted by molar-refractivity contribution is 4.82. The third kappa shape index (κ3) is 4.38. The van der Waals surface area contributed by atoms with Crippen LogP contribution in [0.4, 0.5) is 0 Å². The molecule has 0 aromatic heterocycles. The summed E-state index contributed by atoms with van der Waals surface area (Å²) in [6.07, 6.45) is 2.26. The molecule has 0 spiro atoms. The lowest BCUT2D eigenvalue weighted by Gasteiger charge is -2.30. The van der Waals surface area contributed by atoms with E-state index in [1.54, 1.807) is 0 Å². The van der Waals surface area contributed by atoms with Gasteiger partial charge in [-0.15, -0.1) is 0 Å². The van der Waals surface area contributed by atoms with E-state index in [0.717, 1.165) is 12.8 Å². The average molecular weight is 158 g/mol. The molecule has 1 aliphatic rings. The summed E-state index contributed by atoms with van der Waals surface area (Å²) in [7, 11) is 0. The van der Waals surface area contributed by atoms with Gasteiger partial charge in [0.1, 0.15) is 0 Å². The van der Waals surface area contributed by atoms with Gasteiger partial charge in [-0.3, -0.25) is 0 Å². The van der Waals surface area contributed by atoms with Crippen LogP contribution in [0.2, 0.25) is 0 Å². The topological polar surface area (TPSA) is 38.0 Å². The van der Waals surface area contributed by atoms with Crippen molar-refractivity contribution in [3.8, 4) is 0 Å². The van der Waals surface area contributed by atoms with Crippen LogP contribution in [0, 0.1) is 0 Å². The summed E-state index contributed by atoms with van der Waals surface area (Å²) in [6, 6.07) is 1.66. The van der Waals surface area contributed by atoms with Gasteiger partial charge in [0.25, 0.3) is 0 Å². The lowest BCUT2D eigenvalue weighted by molar-refractivity contribution is 0.317. The van der Waals surface area contributed by atoms with Gasteiger partial charge in [0.2, 0.25) is 0 Å². The van der Waals surface area contributed by atoms with Crippen molar-refractivity contribution in [2.75, 3.05) is 0 Å². The number of hydrogen-bond acceptors (Lipinski definition) is 2. The SMILES string of the molecule is CC.CC1CC(N)CC(C)N1. The maximum Gasteiger partial charge on any atom is 0.00682 e. The molecule has 1 heterocycles. The molecule has 3 N–H and O–H groups in total. The van der Waals surface area contributed by atoms with Crippen LogP contribution in [0.15, 0.2) is 0 Å². The summed E-state index contributed by atoms with van der Waals surface area (Å²) in [6.45, 7) is 8.38. The van der Waals surface area contributed by atoms with Crippen molar-refractivity contribution in [1.29, 1.82) is 0 Å². The monoisotopic (exact) mass is 158 g/mol. The fourth-order valence-electron chi connectivity index (χ4n) is 1.63. The average Bonchev–Trinajstić information content (AvgIpc) is 1.88. The Hall–Kier alpha value is -0.0800. The van der Waals surface area contributed by atoms with Crippen LogP contribution in [0.1, 0.15) is 40.5 Å². The van der Waals surface area contributed by atoms with Crippen molar-refractivity contribution >= 4 is 0 Å². The minimum absolute atomic E-state index is 0.427. The van der Waals surface area contributed by atoms with Gasteiger partial charge in [-0.25, -0.2) is 0 Å². The van der Waals surface area contributed by atoms with Crippen molar-refractivity contribution < 1.29 is 0 Å². The van der Waals surface area contributed by atoms with E-state index in [1.165, 1.54) is 0 Å². The zero-order valence-corrected chi connectivity index (χ0v) is 8.22. The van der Waals surface area contributed by atoms with Gasteiger partial charge in [0.15, 0.2) is 0 Å². The van der Waals surface area contributed by atoms with Crippen LogP contribution in [0.3, 0.4) is 0 Å². The first-order valence-electron chi connectivity index (χ1n) is 4.70. The van der Waals surface area contributed by atoms with Gasteiger partial charge >= 0.3 is 0 Å². The predicted octanol–water partition coefficient (Wildman–Crippen LogP) is 1.50. The van der Waals surface area contributed by atoms with Crippen molar-refractivity contribution in [2.45, 2.75) is 58.7 Å². The molecular weight excluding hydrogens is 136 g/mol. The number of nitrogens with one attached hydrogen (secondary N) is 1. The van der Waals surface area contributed by atoms with E-state index in [0.29, 0.717) is 18.1 Å². The quantitative estimate of drug-likeness (QED) is 0.560. The summed E-state index contributed by atoms with van der Waals surface area (Å²) >= 11 is 0. The predicted molar refractivity (Wildman–Crippen MR) is 50.6 cm³/mol. The van der Waals surface area contributed by atoms with Crippen LogP contribution in [0.5, 0.6) is 0 Å². The Labute approximate surface area is 70.5 Å². The number of rotatable bonds is 0. The third-order valence-corrected chi connectivity index (χ3v) is 1.88. The van der Waals surface area contributed by atoms with E-state index >= 15 is 0 Å². The Bertz CT molecular complexity index is 68.5. The Morgan fingerprint density at radius 2 is 1.45 bits per heavy atom. The molecule has 1 saturated heterocycles. The highest BCUT2D eigenvalue weighted by Crippen LogP contribution is 2.10. The summed E-state index contributed by atoms with van der Waals surface area (Å²) in [5.41, 5.74) is 5.78. The Morgan fingerprint density at radius 3 is 1.73 bits per heavy atom. The zero-order valence-electron chi connectivity index (χ0n) is 8.22. The summed E-state index contributed by atoms with van der Waals surface area (Å²) < 4.78 is 0. The molecule has 0 radical (unpaired) electrons. The van der Waals surface area contributed by atoms with E-state index in [9.17, 15) is 0 Å². The van der Waals surface area contributed by atoms with Gasteiger partial charge < -0.3 is 11.1 Å². The second kappa shape index (κ2) is 5.56. The van der Waals surface area contributed by atoms with Gasteiger partial charge in [0.05, 0.1) is 0 Å². The fraction of sp³-hybridized carbons (Fsp3) is 1.00. The highest BCUT2D eigenvalue weighted by atomic mass is 15.0. The van der Waals surface area contributed by atoms with Gasteiger partial charge in [-0.2, -0.15) is 0 Å². The van der Waals surface area contributed by atoms with Crippen LogP contribution >= 0.6 is 0 Å². The van der Waals surface area contributed by atoms with Gasteiger partial charge in [-0.05, 0) is 26.7 Å². The standard InChI is InChI=1S/C7H16N2.C2H6/c1-5-3-7(8)4-6(2)9-5;1-2/h5-7,9H,3-4,8H2,1-2H3;1-2H3. The maximum absolute atomic E-state index is 5.78. The van der Waals surface area contributed by atoms with Crippen molar-refractivity contribution in [1.82, 2.24) is 5.32 Å². The van der Waals surface area contributed by atoms with Crippen molar-refractivity contribution in [3.63, 3.8) is 0 Å². The Morgan fingerprint density at radius 1 is 1.09 bits per heavy atom. The lowest BCUT2D eigenvalue weighted by atomic mass is 9.96. The summed E-state index contributed by atoms with van der Waals surface area (Å²) in [5, 5.41) is 3.43. The maximum atomic E-state index is 5.78. The van der Waals surface area contributed by atoms with E-state index in [4.69, 9.17) is 5.73 Å². The molecule has 2 nitrogen and oxygen atoms in total. The molecule has 0 aromatic carbocycles. The van der Waals surface area contributed by atoms with E-state index in [1.807, 2.05) is 13.8 Å². The smallest absolute Gasteiger partial charge is 0.00682 e. The first-order valence-corrected chi connectivity index (χ1v) is 4.70. The Balaban J connectivity index is 0.000000461. The molecule has 1 fully saturated rings. The molecule has 2 unspecified atom stereocenters. The normalized spacial score (nSPS) is 37.4. The molecule has 68 valence electrons. The molecule has 0 bridgehead atoms. The summed E-state index contributed by atoms with van der Waals surface area (Å²) in [5.74, 6) is 0. The molecule has 11 heavy (non-hydrogen) atoms. The minimum Gasteiger partial charge on any atom is -0.328 e. The zero-order chi connectivity index (χ0) is 8.85. The lowest BCUT2D eigenvalue weighted by Crippen LogP contribution is -2.47. The highest BCUT2D eigenvalue weighted by Gasteiger charge is 2.19. The van der Waals surface area contributed by atoms with Crippen LogP contribution in [-0.4, -0.2) is 18.1 Å². The molecule has 0 aromatic rings. The minimum atomic E-state index is 0.427. The second-order valence-corrected chi connectivity index (χ2v) is 3.20. The summed E-state index contributed by atoms with van der Waals surface area (Å²) in [4.78, 5) is 0. The van der Waals surface area contributed by atoms with Gasteiger partial charge in [-0.1, -0.05) is 13.8 Å². The number of nitrogens with two attached hydrogens (primary N) is 1. The fourth-order valence-corrected chi connectivity index (χ4v) is 1.63.